The molecule has 0 spiro atoms. The topological polar surface area (TPSA) is 41.6 Å². The molecule has 1 N–H and O–H groups in total. The molecule has 2 heterocycles. The van der Waals surface area contributed by atoms with Crippen LogP contribution in [0.2, 0.25) is 0 Å². The molecule has 0 fully saturated rings. The summed E-state index contributed by atoms with van der Waals surface area (Å²) in [6, 6.07) is 2.14. The monoisotopic (exact) mass is 191 g/mol. The van der Waals surface area contributed by atoms with Crippen molar-refractivity contribution in [2.45, 2.75) is 34.1 Å². The highest BCUT2D eigenvalue weighted by Crippen LogP contribution is 2.14. The van der Waals surface area contributed by atoms with Crippen molar-refractivity contribution in [2.75, 3.05) is 0 Å². The Kier molecular flexibility index (Phi) is 3.63. The second kappa shape index (κ2) is 4.74. The summed E-state index contributed by atoms with van der Waals surface area (Å²) in [6.45, 7) is 8.13. The molecule has 2 aromatic heterocycles. The van der Waals surface area contributed by atoms with Crippen molar-refractivity contribution in [1.82, 2.24) is 15.2 Å². The number of aromatic nitrogens is 3. The molecule has 0 aromatic carbocycles. The van der Waals surface area contributed by atoms with Crippen molar-refractivity contribution in [3.8, 4) is 0 Å². The van der Waals surface area contributed by atoms with Gasteiger partial charge in [-0.2, -0.15) is 5.10 Å². The van der Waals surface area contributed by atoms with Gasteiger partial charge in [0.25, 0.3) is 0 Å². The molecule has 14 heavy (non-hydrogen) atoms. The lowest BCUT2D eigenvalue weighted by Gasteiger charge is -1.94. The lowest BCUT2D eigenvalue weighted by atomic mass is 10.2. The van der Waals surface area contributed by atoms with E-state index in [1.54, 1.807) is 0 Å². The fourth-order valence-electron chi connectivity index (χ4n) is 1.26. The molecule has 0 unspecified atom stereocenters. The Hall–Kier alpha value is -1.38. The number of hydrogen-bond donors (Lipinski definition) is 1. The minimum absolute atomic E-state index is 0.810. The molecule has 0 aliphatic carbocycles. The van der Waals surface area contributed by atoms with E-state index in [2.05, 4.69) is 28.2 Å². The smallest absolute Gasteiger partial charge is 0.181 e. The van der Waals surface area contributed by atoms with E-state index in [-0.39, 0.29) is 0 Å². The van der Waals surface area contributed by atoms with E-state index in [4.69, 9.17) is 0 Å². The van der Waals surface area contributed by atoms with Gasteiger partial charge in [-0.15, -0.1) is 0 Å². The molecule has 0 radical (unpaired) electrons. The number of nitrogens with one attached hydrogen (secondary N) is 1. The van der Waals surface area contributed by atoms with Crippen LogP contribution in [-0.4, -0.2) is 15.2 Å². The van der Waals surface area contributed by atoms with E-state index < -0.39 is 0 Å². The van der Waals surface area contributed by atoms with Crippen LogP contribution in [0.3, 0.4) is 0 Å². The minimum Gasteiger partial charge on any atom is -0.280 e. The van der Waals surface area contributed by atoms with Gasteiger partial charge in [0.2, 0.25) is 0 Å². The Bertz CT molecular complexity index is 404. The Morgan fingerprint density at radius 3 is 2.71 bits per heavy atom. The van der Waals surface area contributed by atoms with Crippen molar-refractivity contribution >= 4 is 11.0 Å². The van der Waals surface area contributed by atoms with Crippen LogP contribution < -0.4 is 0 Å². The fraction of sp³-hybridized carbons (Fsp3) is 0.455. The van der Waals surface area contributed by atoms with Crippen molar-refractivity contribution in [3.63, 3.8) is 0 Å². The van der Waals surface area contributed by atoms with E-state index in [1.165, 1.54) is 5.56 Å². The van der Waals surface area contributed by atoms with Gasteiger partial charge in [0, 0.05) is 17.3 Å². The molecular formula is C11H17N3. The molecule has 3 nitrogen and oxygen atoms in total. The maximum absolute atomic E-state index is 4.23. The summed E-state index contributed by atoms with van der Waals surface area (Å²) in [7, 11) is 0. The predicted octanol–water partition coefficient (Wildman–Crippen LogP) is 2.85. The normalized spacial score (nSPS) is 9.71. The summed E-state index contributed by atoms with van der Waals surface area (Å²) < 4.78 is 0. The first-order chi connectivity index (χ1) is 6.81. The van der Waals surface area contributed by atoms with Crippen LogP contribution in [0.25, 0.3) is 11.0 Å². The lowest BCUT2D eigenvalue weighted by Crippen LogP contribution is -1.83. The fourth-order valence-corrected chi connectivity index (χ4v) is 1.26. The first-order valence-corrected chi connectivity index (χ1v) is 5.11. The largest absolute Gasteiger partial charge is 0.280 e. The van der Waals surface area contributed by atoms with Gasteiger partial charge in [-0.25, -0.2) is 4.98 Å². The number of hydrogen-bond acceptors (Lipinski definition) is 2. The molecular weight excluding hydrogens is 174 g/mol. The van der Waals surface area contributed by atoms with Crippen LogP contribution in [0, 0.1) is 6.92 Å². The lowest BCUT2D eigenvalue weighted by molar-refractivity contribution is 1.05. The van der Waals surface area contributed by atoms with Gasteiger partial charge in [-0.3, -0.25) is 5.10 Å². The van der Waals surface area contributed by atoms with E-state index >= 15 is 0 Å². The SMILES string of the molecule is CC.CCc1cnc2n[nH]c(C)c2c1. The Labute approximate surface area is 84.6 Å². The van der Waals surface area contributed by atoms with Crippen molar-refractivity contribution in [3.05, 3.63) is 23.5 Å². The summed E-state index contributed by atoms with van der Waals surface area (Å²) in [5.41, 5.74) is 3.16. The van der Waals surface area contributed by atoms with Gasteiger partial charge >= 0.3 is 0 Å². The van der Waals surface area contributed by atoms with Crippen LogP contribution >= 0.6 is 0 Å². The van der Waals surface area contributed by atoms with Crippen LogP contribution in [-0.2, 0) is 6.42 Å². The third-order valence-electron chi connectivity index (χ3n) is 2.07. The average Bonchev–Trinajstić information content (AvgIpc) is 2.63. The zero-order valence-electron chi connectivity index (χ0n) is 9.26. The standard InChI is InChI=1S/C9H11N3.C2H6/c1-3-7-4-8-6(2)11-12-9(8)10-5-7;1-2/h4-5H,3H2,1-2H3,(H,10,11,12);1-2H3. The highest BCUT2D eigenvalue weighted by molar-refractivity contribution is 5.77. The zero-order chi connectivity index (χ0) is 10.6. The number of pyridine rings is 1. The Morgan fingerprint density at radius 2 is 2.07 bits per heavy atom. The summed E-state index contributed by atoms with van der Waals surface area (Å²) in [6.07, 6.45) is 2.90. The first-order valence-electron chi connectivity index (χ1n) is 5.11. The zero-order valence-corrected chi connectivity index (χ0v) is 9.26. The molecule has 0 atom stereocenters. The van der Waals surface area contributed by atoms with Crippen LogP contribution in [0.5, 0.6) is 0 Å². The van der Waals surface area contributed by atoms with Crippen molar-refractivity contribution in [2.24, 2.45) is 0 Å². The molecule has 0 aliphatic rings. The van der Waals surface area contributed by atoms with Gasteiger partial charge in [-0.1, -0.05) is 20.8 Å². The predicted molar refractivity (Wildman–Crippen MR) is 59.4 cm³/mol. The Morgan fingerprint density at radius 1 is 1.36 bits per heavy atom. The molecule has 0 saturated heterocycles. The van der Waals surface area contributed by atoms with Crippen molar-refractivity contribution in [1.29, 1.82) is 0 Å². The number of rotatable bonds is 1. The summed E-state index contributed by atoms with van der Waals surface area (Å²) in [4.78, 5) is 4.23. The quantitative estimate of drug-likeness (QED) is 0.753. The highest BCUT2D eigenvalue weighted by atomic mass is 15.1. The van der Waals surface area contributed by atoms with Crippen LogP contribution in [0.15, 0.2) is 12.3 Å². The third kappa shape index (κ3) is 1.92. The van der Waals surface area contributed by atoms with E-state index in [0.29, 0.717) is 0 Å². The summed E-state index contributed by atoms with van der Waals surface area (Å²) in [5.74, 6) is 0. The first kappa shape index (κ1) is 10.7. The minimum atomic E-state index is 0.810. The van der Waals surface area contributed by atoms with E-state index in [9.17, 15) is 0 Å². The van der Waals surface area contributed by atoms with E-state index in [0.717, 1.165) is 23.1 Å². The van der Waals surface area contributed by atoms with E-state index in [1.807, 2.05) is 27.0 Å². The van der Waals surface area contributed by atoms with Gasteiger partial charge < -0.3 is 0 Å². The van der Waals surface area contributed by atoms with Crippen molar-refractivity contribution < 1.29 is 0 Å². The molecule has 2 aromatic rings. The number of H-pyrrole nitrogens is 1. The van der Waals surface area contributed by atoms with Crippen LogP contribution in [0.1, 0.15) is 32.0 Å². The maximum Gasteiger partial charge on any atom is 0.181 e. The molecule has 0 amide bonds. The molecule has 2 rings (SSSR count). The number of nitrogens with zero attached hydrogens (tertiary/aromatic N) is 2. The second-order valence-corrected chi connectivity index (χ2v) is 2.92. The van der Waals surface area contributed by atoms with Gasteiger partial charge in [-0.05, 0) is 25.0 Å². The highest BCUT2D eigenvalue weighted by Gasteiger charge is 2.01. The van der Waals surface area contributed by atoms with Gasteiger partial charge in [0.1, 0.15) is 0 Å². The number of aryl methyl sites for hydroxylation is 2. The van der Waals surface area contributed by atoms with Gasteiger partial charge in [0.15, 0.2) is 5.65 Å². The number of aromatic amines is 1. The molecule has 0 bridgehead atoms. The molecule has 3 heteroatoms. The van der Waals surface area contributed by atoms with Gasteiger partial charge in [0.05, 0.1) is 0 Å². The van der Waals surface area contributed by atoms with Crippen LogP contribution in [0.4, 0.5) is 0 Å². The molecule has 0 aliphatic heterocycles. The Balaban J connectivity index is 0.000000461. The summed E-state index contributed by atoms with van der Waals surface area (Å²) in [5, 5.41) is 8.11. The second-order valence-electron chi connectivity index (χ2n) is 2.92. The average molecular weight is 191 g/mol. The maximum atomic E-state index is 4.23. The summed E-state index contributed by atoms with van der Waals surface area (Å²) >= 11 is 0. The molecule has 76 valence electrons. The third-order valence-corrected chi connectivity index (χ3v) is 2.07. The number of fused-ring (bicyclic) bond motifs is 1. The molecule has 0 saturated carbocycles.